The maximum absolute atomic E-state index is 9.37. The SMILES string of the molecule is CN(C)C[C@@H]1SSC[C@H]1O. The molecular weight excluding hydrogens is 166 g/mol. The van der Waals surface area contributed by atoms with E-state index in [0.717, 1.165) is 12.3 Å². The van der Waals surface area contributed by atoms with Gasteiger partial charge in [0.15, 0.2) is 0 Å². The molecular formula is C6H13NOS2. The van der Waals surface area contributed by atoms with Crippen LogP contribution in [0.4, 0.5) is 0 Å². The van der Waals surface area contributed by atoms with Crippen LogP contribution in [0.1, 0.15) is 0 Å². The van der Waals surface area contributed by atoms with E-state index in [1.54, 1.807) is 21.6 Å². The van der Waals surface area contributed by atoms with Crippen LogP contribution in [0.15, 0.2) is 0 Å². The number of hydrogen-bond donors (Lipinski definition) is 1. The molecule has 2 atom stereocenters. The summed E-state index contributed by atoms with van der Waals surface area (Å²) in [4.78, 5) is 2.12. The minimum atomic E-state index is -0.0996. The van der Waals surface area contributed by atoms with Crippen LogP contribution < -0.4 is 0 Å². The molecule has 0 aromatic rings. The standard InChI is InChI=1S/C6H13NOS2/c1-7(2)3-6-5(8)4-9-10-6/h5-6,8H,3-4H2,1-2H3/t5-,6+/m1/s1. The number of rotatable bonds is 2. The Morgan fingerprint density at radius 2 is 2.30 bits per heavy atom. The summed E-state index contributed by atoms with van der Waals surface area (Å²) in [5.74, 6) is 0.892. The number of nitrogens with zero attached hydrogens (tertiary/aromatic N) is 1. The van der Waals surface area contributed by atoms with Gasteiger partial charge in [-0.3, -0.25) is 0 Å². The van der Waals surface area contributed by atoms with E-state index in [4.69, 9.17) is 0 Å². The van der Waals surface area contributed by atoms with E-state index in [2.05, 4.69) is 4.90 Å². The Labute approximate surface area is 69.8 Å². The molecule has 0 bridgehead atoms. The molecule has 1 aliphatic rings. The van der Waals surface area contributed by atoms with Gasteiger partial charge in [0.25, 0.3) is 0 Å². The van der Waals surface area contributed by atoms with Crippen molar-refractivity contribution in [3.63, 3.8) is 0 Å². The predicted molar refractivity (Wildman–Crippen MR) is 48.4 cm³/mol. The van der Waals surface area contributed by atoms with Crippen LogP contribution in [0.25, 0.3) is 0 Å². The van der Waals surface area contributed by atoms with Crippen LogP contribution in [-0.2, 0) is 0 Å². The predicted octanol–water partition coefficient (Wildman–Crippen LogP) is 0.672. The molecule has 1 rings (SSSR count). The van der Waals surface area contributed by atoms with E-state index >= 15 is 0 Å². The van der Waals surface area contributed by atoms with Crippen LogP contribution >= 0.6 is 21.6 Å². The first kappa shape index (κ1) is 8.71. The molecule has 2 nitrogen and oxygen atoms in total. The molecule has 1 aliphatic heterocycles. The molecule has 0 spiro atoms. The number of hydrogen-bond acceptors (Lipinski definition) is 4. The minimum Gasteiger partial charge on any atom is -0.391 e. The Morgan fingerprint density at radius 3 is 2.70 bits per heavy atom. The highest BCUT2D eigenvalue weighted by molar-refractivity contribution is 8.77. The lowest BCUT2D eigenvalue weighted by molar-refractivity contribution is 0.184. The maximum Gasteiger partial charge on any atom is 0.0778 e. The fraction of sp³-hybridized carbons (Fsp3) is 1.00. The van der Waals surface area contributed by atoms with Crippen LogP contribution in [-0.4, -0.2) is 47.8 Å². The molecule has 1 N–H and O–H groups in total. The molecule has 0 saturated carbocycles. The lowest BCUT2D eigenvalue weighted by atomic mass is 10.2. The molecule has 0 amide bonds. The van der Waals surface area contributed by atoms with Gasteiger partial charge in [0.05, 0.1) is 11.4 Å². The molecule has 1 heterocycles. The van der Waals surface area contributed by atoms with Crippen molar-refractivity contribution in [2.75, 3.05) is 26.4 Å². The monoisotopic (exact) mass is 179 g/mol. The van der Waals surface area contributed by atoms with Crippen LogP contribution in [0.3, 0.4) is 0 Å². The van der Waals surface area contributed by atoms with Crippen molar-refractivity contribution < 1.29 is 5.11 Å². The first-order valence-electron chi connectivity index (χ1n) is 3.31. The topological polar surface area (TPSA) is 23.5 Å². The van der Waals surface area contributed by atoms with Gasteiger partial charge in [0, 0.05) is 12.3 Å². The summed E-state index contributed by atoms with van der Waals surface area (Å²) in [7, 11) is 7.65. The average molecular weight is 179 g/mol. The van der Waals surface area contributed by atoms with E-state index in [1.807, 2.05) is 14.1 Å². The third kappa shape index (κ3) is 2.34. The molecule has 1 saturated heterocycles. The van der Waals surface area contributed by atoms with E-state index in [0.29, 0.717) is 5.25 Å². The van der Waals surface area contributed by atoms with E-state index < -0.39 is 0 Å². The third-order valence-electron chi connectivity index (χ3n) is 1.40. The highest BCUT2D eigenvalue weighted by Crippen LogP contribution is 2.37. The van der Waals surface area contributed by atoms with Gasteiger partial charge in [-0.05, 0) is 14.1 Å². The molecule has 10 heavy (non-hydrogen) atoms. The third-order valence-corrected chi connectivity index (χ3v) is 4.29. The van der Waals surface area contributed by atoms with Gasteiger partial charge in [-0.15, -0.1) is 0 Å². The average Bonchev–Trinajstić information content (AvgIpc) is 2.15. The Morgan fingerprint density at radius 1 is 1.60 bits per heavy atom. The number of aliphatic hydroxyl groups excluding tert-OH is 1. The zero-order chi connectivity index (χ0) is 7.56. The molecule has 0 aromatic heterocycles. The van der Waals surface area contributed by atoms with Crippen LogP contribution in [0, 0.1) is 0 Å². The van der Waals surface area contributed by atoms with E-state index in [1.165, 1.54) is 0 Å². The zero-order valence-corrected chi connectivity index (χ0v) is 7.91. The van der Waals surface area contributed by atoms with E-state index in [-0.39, 0.29) is 6.10 Å². The summed E-state index contributed by atoms with van der Waals surface area (Å²) in [6, 6.07) is 0. The van der Waals surface area contributed by atoms with Gasteiger partial charge >= 0.3 is 0 Å². The van der Waals surface area contributed by atoms with Crippen molar-refractivity contribution >= 4 is 21.6 Å². The van der Waals surface area contributed by atoms with Gasteiger partial charge < -0.3 is 10.0 Å². The number of aliphatic hydroxyl groups is 1. The maximum atomic E-state index is 9.37. The Kier molecular flexibility index (Phi) is 3.36. The second-order valence-electron chi connectivity index (χ2n) is 2.75. The van der Waals surface area contributed by atoms with E-state index in [9.17, 15) is 5.11 Å². The smallest absolute Gasteiger partial charge is 0.0778 e. The molecule has 60 valence electrons. The Hall–Kier alpha value is 0.620. The lowest BCUT2D eigenvalue weighted by Crippen LogP contribution is -2.31. The van der Waals surface area contributed by atoms with Gasteiger partial charge in [0.2, 0.25) is 0 Å². The minimum absolute atomic E-state index is 0.0996. The summed E-state index contributed by atoms with van der Waals surface area (Å²) >= 11 is 0. The van der Waals surface area contributed by atoms with Crippen LogP contribution in [0.5, 0.6) is 0 Å². The highest BCUT2D eigenvalue weighted by Gasteiger charge is 2.26. The van der Waals surface area contributed by atoms with Crippen molar-refractivity contribution in [2.45, 2.75) is 11.4 Å². The molecule has 1 fully saturated rings. The summed E-state index contributed by atoms with van der Waals surface area (Å²) in [6.07, 6.45) is -0.0996. The second kappa shape index (κ2) is 3.85. The Balaban J connectivity index is 2.26. The molecule has 0 unspecified atom stereocenters. The quantitative estimate of drug-likeness (QED) is 0.630. The fourth-order valence-corrected chi connectivity index (χ4v) is 3.96. The van der Waals surface area contributed by atoms with Crippen LogP contribution in [0.2, 0.25) is 0 Å². The molecule has 4 heteroatoms. The fourth-order valence-electron chi connectivity index (χ4n) is 0.880. The summed E-state index contributed by atoms with van der Waals surface area (Å²) < 4.78 is 0. The summed E-state index contributed by atoms with van der Waals surface area (Å²) in [6.45, 7) is 0.985. The molecule has 0 aliphatic carbocycles. The van der Waals surface area contributed by atoms with Gasteiger partial charge in [-0.1, -0.05) is 21.6 Å². The first-order valence-corrected chi connectivity index (χ1v) is 5.69. The van der Waals surface area contributed by atoms with Crippen molar-refractivity contribution in [1.29, 1.82) is 0 Å². The van der Waals surface area contributed by atoms with Crippen molar-refractivity contribution in [1.82, 2.24) is 4.90 Å². The van der Waals surface area contributed by atoms with Crippen molar-refractivity contribution in [3.05, 3.63) is 0 Å². The second-order valence-corrected chi connectivity index (χ2v) is 5.40. The lowest BCUT2D eigenvalue weighted by Gasteiger charge is -2.16. The normalized spacial score (nSPS) is 33.6. The first-order chi connectivity index (χ1) is 4.70. The van der Waals surface area contributed by atoms with Gasteiger partial charge in [-0.25, -0.2) is 0 Å². The molecule has 0 radical (unpaired) electrons. The summed E-state index contributed by atoms with van der Waals surface area (Å²) in [5, 5.41) is 9.79. The van der Waals surface area contributed by atoms with Gasteiger partial charge in [-0.2, -0.15) is 0 Å². The van der Waals surface area contributed by atoms with Crippen molar-refractivity contribution in [3.8, 4) is 0 Å². The summed E-state index contributed by atoms with van der Waals surface area (Å²) in [5.41, 5.74) is 0. The van der Waals surface area contributed by atoms with Crippen molar-refractivity contribution in [2.24, 2.45) is 0 Å². The Bertz CT molecular complexity index is 110. The molecule has 0 aromatic carbocycles. The zero-order valence-electron chi connectivity index (χ0n) is 6.28. The largest absolute Gasteiger partial charge is 0.391 e. The highest BCUT2D eigenvalue weighted by atomic mass is 33.1. The van der Waals surface area contributed by atoms with Gasteiger partial charge in [0.1, 0.15) is 0 Å².